The molecule has 1 heterocycles. The van der Waals surface area contributed by atoms with Gasteiger partial charge in [0.15, 0.2) is 0 Å². The zero-order valence-corrected chi connectivity index (χ0v) is 21.4. The Balaban J connectivity index is 1.50. The number of alkyl halides is 3. The van der Waals surface area contributed by atoms with Gasteiger partial charge in [-0.15, -0.1) is 0 Å². The lowest BCUT2D eigenvalue weighted by atomic mass is 9.89. The van der Waals surface area contributed by atoms with E-state index in [1.165, 1.54) is 31.4 Å². The Morgan fingerprint density at radius 1 is 0.925 bits per heavy atom. The van der Waals surface area contributed by atoms with E-state index >= 15 is 0 Å². The maximum Gasteiger partial charge on any atom is 0.416 e. The predicted molar refractivity (Wildman–Crippen MR) is 147 cm³/mol. The molecule has 1 amide bonds. The first kappa shape index (κ1) is 26.9. The van der Waals surface area contributed by atoms with Crippen LogP contribution in [0, 0.1) is 5.82 Å². The highest BCUT2D eigenvalue weighted by Crippen LogP contribution is 2.34. The van der Waals surface area contributed by atoms with E-state index in [1.807, 2.05) is 30.3 Å². The number of hydrogen-bond donors (Lipinski definition) is 1. The van der Waals surface area contributed by atoms with E-state index in [0.717, 1.165) is 28.8 Å². The normalized spacial score (nSPS) is 12.2. The van der Waals surface area contributed by atoms with Crippen molar-refractivity contribution in [3.8, 4) is 16.9 Å². The number of nitrogens with one attached hydrogen (secondary N) is 1. The summed E-state index contributed by atoms with van der Waals surface area (Å²) < 4.78 is 59.2. The summed E-state index contributed by atoms with van der Waals surface area (Å²) in [6.07, 6.45) is -2.64. The summed E-state index contributed by atoms with van der Waals surface area (Å²) in [5, 5.41) is 3.31. The van der Waals surface area contributed by atoms with Gasteiger partial charge in [0.2, 0.25) is 5.91 Å². The molecule has 0 bridgehead atoms. The Bertz CT molecular complexity index is 1670. The highest BCUT2D eigenvalue weighted by atomic mass is 19.4. The number of aromatic nitrogens is 1. The van der Waals surface area contributed by atoms with E-state index < -0.39 is 23.6 Å². The summed E-state index contributed by atoms with van der Waals surface area (Å²) in [6.45, 7) is 0. The smallest absolute Gasteiger partial charge is 0.416 e. The number of anilines is 1. The zero-order chi connectivity index (χ0) is 28.3. The van der Waals surface area contributed by atoms with E-state index in [1.54, 1.807) is 36.5 Å². The average molecular weight is 545 g/mol. The van der Waals surface area contributed by atoms with Crippen molar-refractivity contribution in [3.05, 3.63) is 126 Å². The number of amides is 1. The number of halogens is 4. The monoisotopic (exact) mass is 544 g/mol. The van der Waals surface area contributed by atoms with Crippen molar-refractivity contribution >= 4 is 22.5 Å². The molecule has 5 aromatic rings. The molecule has 0 aliphatic rings. The van der Waals surface area contributed by atoms with E-state index in [0.29, 0.717) is 22.2 Å². The van der Waals surface area contributed by atoms with Crippen molar-refractivity contribution < 1.29 is 27.1 Å². The summed E-state index contributed by atoms with van der Waals surface area (Å²) in [7, 11) is 1.53. The van der Waals surface area contributed by atoms with Crippen molar-refractivity contribution in [3.63, 3.8) is 0 Å². The van der Waals surface area contributed by atoms with Crippen LogP contribution >= 0.6 is 0 Å². The molecule has 8 heteroatoms. The highest BCUT2D eigenvalue weighted by Gasteiger charge is 2.31. The molecule has 0 aliphatic heterocycles. The van der Waals surface area contributed by atoms with Crippen LogP contribution in [0.15, 0.2) is 103 Å². The summed E-state index contributed by atoms with van der Waals surface area (Å²) in [6, 6.07) is 25.3. The predicted octanol–water partition coefficient (Wildman–Crippen LogP) is 8.03. The second kappa shape index (κ2) is 11.2. The van der Waals surface area contributed by atoms with Crippen molar-refractivity contribution in [2.75, 3.05) is 12.4 Å². The molecular weight excluding hydrogens is 520 g/mol. The first-order valence-electron chi connectivity index (χ1n) is 12.5. The van der Waals surface area contributed by atoms with Gasteiger partial charge in [-0.25, -0.2) is 4.39 Å². The highest BCUT2D eigenvalue weighted by molar-refractivity contribution is 5.97. The van der Waals surface area contributed by atoms with Crippen LogP contribution in [0.1, 0.15) is 22.6 Å². The summed E-state index contributed by atoms with van der Waals surface area (Å²) in [5.74, 6) is -0.983. The van der Waals surface area contributed by atoms with Crippen LogP contribution in [0.4, 0.5) is 23.2 Å². The van der Waals surface area contributed by atoms with Gasteiger partial charge in [-0.2, -0.15) is 13.2 Å². The van der Waals surface area contributed by atoms with Crippen LogP contribution in [-0.4, -0.2) is 18.0 Å². The molecule has 0 spiro atoms. The number of pyridine rings is 1. The lowest BCUT2D eigenvalue weighted by Crippen LogP contribution is -2.23. The van der Waals surface area contributed by atoms with Gasteiger partial charge in [0.25, 0.3) is 0 Å². The molecule has 1 unspecified atom stereocenters. The molecule has 5 rings (SSSR count). The van der Waals surface area contributed by atoms with Crippen molar-refractivity contribution in [2.24, 2.45) is 0 Å². The lowest BCUT2D eigenvalue weighted by Gasteiger charge is -2.20. The van der Waals surface area contributed by atoms with E-state index in [4.69, 9.17) is 4.74 Å². The van der Waals surface area contributed by atoms with Gasteiger partial charge in [0.1, 0.15) is 11.6 Å². The number of ether oxygens (including phenoxy) is 1. The third kappa shape index (κ3) is 5.81. The molecular formula is C32H24F4N2O2. The Hall–Kier alpha value is -4.72. The Morgan fingerprint density at radius 3 is 2.45 bits per heavy atom. The molecule has 0 radical (unpaired) electrons. The number of carbonyl (C=O) groups is 1. The van der Waals surface area contributed by atoms with E-state index in [9.17, 15) is 22.4 Å². The quantitative estimate of drug-likeness (QED) is 0.211. The van der Waals surface area contributed by atoms with Gasteiger partial charge >= 0.3 is 6.18 Å². The van der Waals surface area contributed by atoms with E-state index in [-0.39, 0.29) is 17.9 Å². The minimum absolute atomic E-state index is 0.0479. The van der Waals surface area contributed by atoms with Crippen LogP contribution in [0.3, 0.4) is 0 Å². The number of carbonyl (C=O) groups excluding carboxylic acids is 1. The van der Waals surface area contributed by atoms with Crippen molar-refractivity contribution in [2.45, 2.75) is 18.5 Å². The van der Waals surface area contributed by atoms with Gasteiger partial charge < -0.3 is 10.1 Å². The fourth-order valence-corrected chi connectivity index (χ4v) is 4.72. The molecule has 0 aliphatic carbocycles. The van der Waals surface area contributed by atoms with Crippen LogP contribution in [0.5, 0.6) is 5.75 Å². The molecule has 1 atom stereocenters. The van der Waals surface area contributed by atoms with Crippen LogP contribution < -0.4 is 10.1 Å². The first-order valence-corrected chi connectivity index (χ1v) is 12.5. The first-order chi connectivity index (χ1) is 19.2. The number of benzene rings is 4. The zero-order valence-electron chi connectivity index (χ0n) is 21.4. The van der Waals surface area contributed by atoms with Gasteiger partial charge in [0.05, 0.1) is 24.1 Å². The minimum Gasteiger partial charge on any atom is -0.496 e. The number of fused-ring (bicyclic) bond motifs is 1. The number of methoxy groups -OCH3 is 1. The van der Waals surface area contributed by atoms with Gasteiger partial charge in [-0.3, -0.25) is 9.78 Å². The van der Waals surface area contributed by atoms with Gasteiger partial charge in [0, 0.05) is 17.3 Å². The molecule has 202 valence electrons. The number of hydrogen-bond acceptors (Lipinski definition) is 3. The lowest BCUT2D eigenvalue weighted by molar-refractivity contribution is -0.137. The van der Waals surface area contributed by atoms with Gasteiger partial charge in [-0.05, 0) is 77.2 Å². The summed E-state index contributed by atoms with van der Waals surface area (Å²) in [4.78, 5) is 17.9. The number of para-hydroxylation sites is 1. The Morgan fingerprint density at radius 2 is 1.70 bits per heavy atom. The molecule has 40 heavy (non-hydrogen) atoms. The molecule has 1 N–H and O–H groups in total. The number of rotatable bonds is 7. The van der Waals surface area contributed by atoms with Crippen LogP contribution in [0.2, 0.25) is 0 Å². The Labute approximate surface area is 228 Å². The largest absolute Gasteiger partial charge is 0.496 e. The van der Waals surface area contributed by atoms with E-state index in [2.05, 4.69) is 10.3 Å². The Kier molecular flexibility index (Phi) is 7.51. The molecule has 0 fully saturated rings. The van der Waals surface area contributed by atoms with Gasteiger partial charge in [-0.1, -0.05) is 48.5 Å². The molecule has 4 aromatic carbocycles. The molecule has 0 saturated carbocycles. The average Bonchev–Trinajstić information content (AvgIpc) is 2.95. The number of nitrogens with zero attached hydrogens (tertiary/aromatic N) is 1. The SMILES string of the molecule is COc1ccccc1CC(C(=O)Nc1cccc(C(F)(F)F)c1)c1ccc(-c2ccnc3ccc(F)cc23)cc1. The molecule has 0 saturated heterocycles. The second-order valence-electron chi connectivity index (χ2n) is 9.28. The molecule has 1 aromatic heterocycles. The summed E-state index contributed by atoms with van der Waals surface area (Å²) >= 11 is 0. The van der Waals surface area contributed by atoms with Crippen molar-refractivity contribution in [1.82, 2.24) is 4.98 Å². The minimum atomic E-state index is -4.53. The topological polar surface area (TPSA) is 51.2 Å². The van der Waals surface area contributed by atoms with Crippen LogP contribution in [0.25, 0.3) is 22.0 Å². The fourth-order valence-electron chi connectivity index (χ4n) is 4.72. The third-order valence-electron chi connectivity index (χ3n) is 6.72. The maximum atomic E-state index is 14.0. The maximum absolute atomic E-state index is 14.0. The fraction of sp³-hybridized carbons (Fsp3) is 0.125. The standard InChI is InChI=1S/C32H24F4N2O2/c1-40-30-8-3-2-5-22(30)17-27(31(39)38-25-7-4-6-23(18-25)32(34,35)36)21-11-9-20(10-12-21)26-15-16-37-29-14-13-24(33)19-28(26)29/h2-16,18-19,27H,17H2,1H3,(H,38,39). The van der Waals surface area contributed by atoms with Crippen LogP contribution in [-0.2, 0) is 17.4 Å². The molecule has 4 nitrogen and oxygen atoms in total. The summed E-state index contributed by atoms with van der Waals surface area (Å²) in [5.41, 5.74) is 2.86. The second-order valence-corrected chi connectivity index (χ2v) is 9.28. The van der Waals surface area contributed by atoms with Crippen molar-refractivity contribution in [1.29, 1.82) is 0 Å². The third-order valence-corrected chi connectivity index (χ3v) is 6.72.